The second kappa shape index (κ2) is 13.9. The number of Topliss-reactive ketones (excluding diaryl/α,β-unsaturated/α-hetero) is 1. The maximum absolute atomic E-state index is 14.8. The zero-order valence-corrected chi connectivity index (χ0v) is 24.9. The number of aryl methyl sites for hydroxylation is 1. The summed E-state index contributed by atoms with van der Waals surface area (Å²) in [6.07, 6.45) is 2.18. The lowest BCUT2D eigenvalue weighted by Gasteiger charge is -2.19. The fraction of sp³-hybridized carbons (Fsp3) is 0.273. The van der Waals surface area contributed by atoms with Crippen LogP contribution in [0.15, 0.2) is 67.0 Å². The minimum atomic E-state index is -0.615. The number of aromatic nitrogens is 2. The van der Waals surface area contributed by atoms with Crippen molar-refractivity contribution in [1.82, 2.24) is 20.6 Å². The van der Waals surface area contributed by atoms with Crippen LogP contribution < -0.4 is 15.4 Å². The third-order valence-electron chi connectivity index (χ3n) is 6.27. The van der Waals surface area contributed by atoms with Gasteiger partial charge < -0.3 is 25.1 Å². The highest BCUT2D eigenvalue weighted by Crippen LogP contribution is 2.27. The first kappa shape index (κ1) is 31.9. The van der Waals surface area contributed by atoms with Gasteiger partial charge in [-0.05, 0) is 63.1 Å². The topological polar surface area (TPSA) is 122 Å². The van der Waals surface area contributed by atoms with Crippen LogP contribution in [0.4, 0.5) is 13.6 Å². The van der Waals surface area contributed by atoms with Crippen molar-refractivity contribution in [1.29, 1.82) is 0 Å². The monoisotopic (exact) mass is 604 g/mol. The van der Waals surface area contributed by atoms with Gasteiger partial charge in [0.15, 0.2) is 0 Å². The van der Waals surface area contributed by atoms with Crippen LogP contribution in [0.25, 0.3) is 11.4 Å². The number of hydrogen-bond acceptors (Lipinski definition) is 6. The van der Waals surface area contributed by atoms with Gasteiger partial charge in [-0.3, -0.25) is 14.6 Å². The van der Waals surface area contributed by atoms with E-state index in [2.05, 4.69) is 20.6 Å². The summed E-state index contributed by atoms with van der Waals surface area (Å²) < 4.78 is 39.8. The van der Waals surface area contributed by atoms with E-state index in [1.54, 1.807) is 57.2 Å². The number of aromatic amines is 1. The zero-order chi connectivity index (χ0) is 31.9. The van der Waals surface area contributed by atoms with Gasteiger partial charge in [-0.15, -0.1) is 0 Å². The Morgan fingerprint density at radius 2 is 1.59 bits per heavy atom. The van der Waals surface area contributed by atoms with E-state index >= 15 is 0 Å². The smallest absolute Gasteiger partial charge is 0.407 e. The van der Waals surface area contributed by atoms with E-state index in [0.29, 0.717) is 22.7 Å². The van der Waals surface area contributed by atoms with E-state index in [0.717, 1.165) is 5.56 Å². The molecule has 4 aromatic rings. The van der Waals surface area contributed by atoms with Crippen molar-refractivity contribution in [2.45, 2.75) is 46.1 Å². The van der Waals surface area contributed by atoms with Gasteiger partial charge in [0.25, 0.3) is 5.91 Å². The maximum atomic E-state index is 14.8. The maximum Gasteiger partial charge on any atom is 0.407 e. The number of alkyl carbamates (subject to hydrolysis) is 1. The number of benzene rings is 2. The Hall–Kier alpha value is -5.06. The van der Waals surface area contributed by atoms with Gasteiger partial charge >= 0.3 is 6.09 Å². The van der Waals surface area contributed by atoms with Gasteiger partial charge in [0.1, 0.15) is 34.5 Å². The first-order valence-electron chi connectivity index (χ1n) is 14.0. The minimum absolute atomic E-state index is 0.127. The number of pyridine rings is 1. The molecule has 2 amide bonds. The summed E-state index contributed by atoms with van der Waals surface area (Å²) in [7, 11) is 0. The lowest BCUT2D eigenvalue weighted by Crippen LogP contribution is -2.37. The summed E-state index contributed by atoms with van der Waals surface area (Å²) in [5.41, 5.74) is 2.10. The Labute approximate surface area is 254 Å². The van der Waals surface area contributed by atoms with E-state index in [1.807, 2.05) is 6.92 Å². The predicted molar refractivity (Wildman–Crippen MR) is 161 cm³/mol. The standard InChI is InChI=1S/C33H34F2N4O5/c1-20-5-8-27(34)22(13-20)15-24(40)14-21-6-7-25(17-28(21)35)43-26-9-10-36-30(18-26)29-16-23(19-39-29)31(41)37-11-12-38-32(42)44-33(2,3)4/h5-10,13,16-19,39H,11-12,14-15H2,1-4H3,(H,37,41)(H,38,42). The molecule has 0 saturated carbocycles. The molecule has 4 rings (SSSR count). The van der Waals surface area contributed by atoms with Crippen molar-refractivity contribution in [3.63, 3.8) is 0 Å². The van der Waals surface area contributed by atoms with Gasteiger partial charge in [0.2, 0.25) is 0 Å². The van der Waals surface area contributed by atoms with Gasteiger partial charge in [0, 0.05) is 50.5 Å². The Balaban J connectivity index is 1.32. The second-order valence-electron chi connectivity index (χ2n) is 11.2. The van der Waals surface area contributed by atoms with Crippen LogP contribution >= 0.6 is 0 Å². The van der Waals surface area contributed by atoms with Crippen LogP contribution in [-0.2, 0) is 22.4 Å². The molecule has 11 heteroatoms. The molecule has 2 aromatic carbocycles. The number of carbonyl (C=O) groups is 3. The number of nitrogens with zero attached hydrogens (tertiary/aromatic N) is 1. The molecule has 0 radical (unpaired) electrons. The molecule has 0 aliphatic rings. The fourth-order valence-corrected chi connectivity index (χ4v) is 4.25. The van der Waals surface area contributed by atoms with Crippen molar-refractivity contribution in [3.05, 3.63) is 101 Å². The lowest BCUT2D eigenvalue weighted by atomic mass is 10.0. The summed E-state index contributed by atoms with van der Waals surface area (Å²) in [5, 5.41) is 5.29. The van der Waals surface area contributed by atoms with Crippen molar-refractivity contribution < 1.29 is 32.6 Å². The van der Waals surface area contributed by atoms with Crippen molar-refractivity contribution in [3.8, 4) is 22.9 Å². The quantitative estimate of drug-likeness (QED) is 0.179. The molecule has 2 heterocycles. The van der Waals surface area contributed by atoms with Crippen molar-refractivity contribution in [2.75, 3.05) is 13.1 Å². The average Bonchev–Trinajstić information content (AvgIpc) is 3.44. The van der Waals surface area contributed by atoms with Gasteiger partial charge in [-0.2, -0.15) is 0 Å². The molecule has 0 saturated heterocycles. The van der Waals surface area contributed by atoms with Crippen LogP contribution in [0, 0.1) is 18.6 Å². The molecule has 0 atom stereocenters. The molecule has 9 nitrogen and oxygen atoms in total. The van der Waals surface area contributed by atoms with Crippen molar-refractivity contribution >= 4 is 17.8 Å². The largest absolute Gasteiger partial charge is 0.457 e. The van der Waals surface area contributed by atoms with Gasteiger partial charge in [0.05, 0.1) is 17.0 Å². The van der Waals surface area contributed by atoms with Crippen LogP contribution in [0.1, 0.15) is 47.8 Å². The van der Waals surface area contributed by atoms with Crippen LogP contribution in [0.5, 0.6) is 11.5 Å². The first-order chi connectivity index (χ1) is 20.9. The molecule has 0 aliphatic heterocycles. The number of rotatable bonds is 11. The predicted octanol–water partition coefficient (Wildman–Crippen LogP) is 6.06. The van der Waals surface area contributed by atoms with Gasteiger partial charge in [-0.25, -0.2) is 13.6 Å². The summed E-state index contributed by atoms with van der Waals surface area (Å²) in [4.78, 5) is 44.1. The Kier molecular flexibility index (Phi) is 10.1. The Morgan fingerprint density at radius 3 is 2.34 bits per heavy atom. The Bertz CT molecular complexity index is 1660. The summed E-state index contributed by atoms with van der Waals surface area (Å²) in [6, 6.07) is 13.6. The van der Waals surface area contributed by atoms with E-state index in [-0.39, 0.29) is 54.5 Å². The van der Waals surface area contributed by atoms with Crippen LogP contribution in [0.3, 0.4) is 0 Å². The molecule has 3 N–H and O–H groups in total. The minimum Gasteiger partial charge on any atom is -0.457 e. The number of nitrogens with one attached hydrogen (secondary N) is 3. The molecule has 0 spiro atoms. The number of H-pyrrole nitrogens is 1. The molecule has 44 heavy (non-hydrogen) atoms. The number of amides is 2. The third kappa shape index (κ3) is 9.22. The lowest BCUT2D eigenvalue weighted by molar-refractivity contribution is -0.117. The SMILES string of the molecule is Cc1ccc(F)c(CC(=O)Cc2ccc(Oc3ccnc(-c4cc(C(=O)NCCNC(=O)OC(C)(C)C)c[nH]4)c3)cc2F)c1. The number of carbonyl (C=O) groups excluding carboxylic acids is 3. The molecular formula is C33H34F2N4O5. The molecule has 2 aromatic heterocycles. The molecular weight excluding hydrogens is 570 g/mol. The molecule has 0 aliphatic carbocycles. The number of ketones is 1. The molecule has 0 bridgehead atoms. The molecule has 230 valence electrons. The van der Waals surface area contributed by atoms with Crippen molar-refractivity contribution in [2.24, 2.45) is 0 Å². The van der Waals surface area contributed by atoms with E-state index < -0.39 is 23.3 Å². The fourth-order valence-electron chi connectivity index (χ4n) is 4.25. The highest BCUT2D eigenvalue weighted by molar-refractivity contribution is 5.95. The summed E-state index contributed by atoms with van der Waals surface area (Å²) in [6.45, 7) is 7.49. The van der Waals surface area contributed by atoms with E-state index in [4.69, 9.17) is 9.47 Å². The van der Waals surface area contributed by atoms with Gasteiger partial charge in [-0.1, -0.05) is 23.8 Å². The Morgan fingerprint density at radius 1 is 0.864 bits per heavy atom. The molecule has 0 fully saturated rings. The highest BCUT2D eigenvalue weighted by Gasteiger charge is 2.17. The molecule has 0 unspecified atom stereocenters. The summed E-state index contributed by atoms with van der Waals surface area (Å²) >= 11 is 0. The normalized spacial score (nSPS) is 11.1. The highest BCUT2D eigenvalue weighted by atomic mass is 19.1. The van der Waals surface area contributed by atoms with Crippen LogP contribution in [-0.4, -0.2) is 46.4 Å². The second-order valence-corrected chi connectivity index (χ2v) is 11.2. The third-order valence-corrected chi connectivity index (χ3v) is 6.27. The van der Waals surface area contributed by atoms with E-state index in [1.165, 1.54) is 30.6 Å². The van der Waals surface area contributed by atoms with Crippen LogP contribution in [0.2, 0.25) is 0 Å². The van der Waals surface area contributed by atoms with E-state index in [9.17, 15) is 23.2 Å². The number of halogens is 2. The number of hydrogen-bond donors (Lipinski definition) is 3. The summed E-state index contributed by atoms with van der Waals surface area (Å²) in [5.74, 6) is -1.14. The first-order valence-corrected chi connectivity index (χ1v) is 14.0. The number of ether oxygens (including phenoxy) is 2. The zero-order valence-electron chi connectivity index (χ0n) is 24.9. The average molecular weight is 605 g/mol.